The molecule has 10 heavy (non-hydrogen) atoms. The Morgan fingerprint density at radius 2 is 2.10 bits per heavy atom. The van der Waals surface area contributed by atoms with Gasteiger partial charge in [0.25, 0.3) is 0 Å². The van der Waals surface area contributed by atoms with E-state index in [0.29, 0.717) is 5.92 Å². The molecule has 0 aromatic heterocycles. The Morgan fingerprint density at radius 3 is 2.40 bits per heavy atom. The predicted molar refractivity (Wildman–Crippen MR) is 47.9 cm³/mol. The van der Waals surface area contributed by atoms with Gasteiger partial charge in [-0.1, -0.05) is 44.2 Å². The first kappa shape index (κ1) is 9.22. The lowest BCUT2D eigenvalue weighted by Crippen LogP contribution is -1.89. The first-order valence-electron chi connectivity index (χ1n) is 3.89. The molecule has 0 spiro atoms. The smallest absolute Gasteiger partial charge is 0.00184 e. The molecule has 0 bridgehead atoms. The first-order chi connectivity index (χ1) is 4.93. The summed E-state index contributed by atoms with van der Waals surface area (Å²) in [7, 11) is 0. The molecule has 0 fully saturated rings. The quantitative estimate of drug-likeness (QED) is 0.485. The van der Waals surface area contributed by atoms with Gasteiger partial charge in [0.05, 0.1) is 0 Å². The van der Waals surface area contributed by atoms with Crippen LogP contribution in [0.5, 0.6) is 0 Å². The second kappa shape index (κ2) is 6.34. The highest BCUT2D eigenvalue weighted by molar-refractivity contribution is 5.14. The summed E-state index contributed by atoms with van der Waals surface area (Å²) in [5.74, 6) is 0.583. The lowest BCUT2D eigenvalue weighted by atomic mass is 10.0. The summed E-state index contributed by atoms with van der Waals surface area (Å²) in [6, 6.07) is 0. The molecule has 1 aliphatic rings. The second-order valence-corrected chi connectivity index (χ2v) is 1.95. The zero-order valence-electron chi connectivity index (χ0n) is 6.88. The summed E-state index contributed by atoms with van der Waals surface area (Å²) < 4.78 is 0. The largest absolute Gasteiger partial charge is 0.102 e. The van der Waals surface area contributed by atoms with Crippen molar-refractivity contribution >= 4 is 0 Å². The van der Waals surface area contributed by atoms with Crippen LogP contribution >= 0.6 is 0 Å². The molecule has 0 nitrogen and oxygen atoms in total. The molecule has 1 unspecified atom stereocenters. The molecule has 1 rings (SSSR count). The maximum absolute atomic E-state index is 3.70. The topological polar surface area (TPSA) is 0 Å². The molecule has 56 valence electrons. The van der Waals surface area contributed by atoms with Gasteiger partial charge >= 0.3 is 0 Å². The molecule has 0 amide bonds. The van der Waals surface area contributed by atoms with Crippen LogP contribution in [0, 0.1) is 5.92 Å². The monoisotopic (exact) mass is 136 g/mol. The van der Waals surface area contributed by atoms with Gasteiger partial charge < -0.3 is 0 Å². The van der Waals surface area contributed by atoms with Crippen LogP contribution in [-0.4, -0.2) is 0 Å². The highest BCUT2D eigenvalue weighted by atomic mass is 14.0. The highest BCUT2D eigenvalue weighted by Crippen LogP contribution is 2.10. The van der Waals surface area contributed by atoms with Crippen LogP contribution in [0.2, 0.25) is 0 Å². The minimum Gasteiger partial charge on any atom is -0.102 e. The first-order valence-corrected chi connectivity index (χ1v) is 3.89. The number of hydrogen-bond donors (Lipinski definition) is 0. The normalized spacial score (nSPS) is 21.2. The molecule has 0 radical (unpaired) electrons. The van der Waals surface area contributed by atoms with E-state index in [1.165, 1.54) is 0 Å². The predicted octanol–water partition coefficient (Wildman–Crippen LogP) is 3.33. The number of allylic oxidation sites excluding steroid dienone is 5. The fourth-order valence-corrected chi connectivity index (χ4v) is 0.774. The van der Waals surface area contributed by atoms with Crippen molar-refractivity contribution in [2.75, 3.05) is 0 Å². The molecule has 1 aliphatic carbocycles. The SMILES string of the molecule is C=CC1C=CC=CC1.CC. The Bertz CT molecular complexity index is 129. The van der Waals surface area contributed by atoms with Crippen molar-refractivity contribution in [1.29, 1.82) is 0 Å². The van der Waals surface area contributed by atoms with Gasteiger partial charge in [0.1, 0.15) is 0 Å². The Morgan fingerprint density at radius 1 is 1.40 bits per heavy atom. The standard InChI is InChI=1S/C8H10.C2H6/c1-2-8-6-4-3-5-7-8;1-2/h2-6,8H,1,7H2;1-2H3. The van der Waals surface area contributed by atoms with Gasteiger partial charge in [0.2, 0.25) is 0 Å². The summed E-state index contributed by atoms with van der Waals surface area (Å²) >= 11 is 0. The number of hydrogen-bond acceptors (Lipinski definition) is 0. The summed E-state index contributed by atoms with van der Waals surface area (Å²) in [6.07, 6.45) is 11.6. The molecule has 0 aliphatic heterocycles. The van der Waals surface area contributed by atoms with E-state index in [4.69, 9.17) is 0 Å². The molecule has 1 atom stereocenters. The van der Waals surface area contributed by atoms with Crippen LogP contribution < -0.4 is 0 Å². The third kappa shape index (κ3) is 3.29. The van der Waals surface area contributed by atoms with Gasteiger partial charge in [0.15, 0.2) is 0 Å². The molecule has 0 saturated carbocycles. The Labute approximate surface area is 64.0 Å². The molecular formula is C10H16. The third-order valence-electron chi connectivity index (χ3n) is 1.32. The summed E-state index contributed by atoms with van der Waals surface area (Å²) in [4.78, 5) is 0. The van der Waals surface area contributed by atoms with Crippen molar-refractivity contribution in [2.45, 2.75) is 20.3 Å². The average molecular weight is 136 g/mol. The van der Waals surface area contributed by atoms with Crippen molar-refractivity contribution in [3.05, 3.63) is 37.0 Å². The Hall–Kier alpha value is -0.780. The van der Waals surface area contributed by atoms with Gasteiger partial charge in [-0.25, -0.2) is 0 Å². The molecule has 0 N–H and O–H groups in total. The Balaban J connectivity index is 0.000000371. The summed E-state index contributed by atoms with van der Waals surface area (Å²) in [5.41, 5.74) is 0. The van der Waals surface area contributed by atoms with E-state index in [0.717, 1.165) is 6.42 Å². The lowest BCUT2D eigenvalue weighted by Gasteiger charge is -2.04. The molecule has 0 aromatic carbocycles. The van der Waals surface area contributed by atoms with E-state index in [2.05, 4.69) is 30.9 Å². The van der Waals surface area contributed by atoms with Gasteiger partial charge in [0, 0.05) is 0 Å². The zero-order chi connectivity index (χ0) is 7.82. The fourth-order valence-electron chi connectivity index (χ4n) is 0.774. The van der Waals surface area contributed by atoms with Gasteiger partial charge in [-0.15, -0.1) is 6.58 Å². The molecule has 0 aromatic rings. The highest BCUT2D eigenvalue weighted by Gasteiger charge is 1.96. The van der Waals surface area contributed by atoms with E-state index >= 15 is 0 Å². The molecule has 0 heteroatoms. The molecular weight excluding hydrogens is 120 g/mol. The average Bonchev–Trinajstić information content (AvgIpc) is 2.10. The van der Waals surface area contributed by atoms with E-state index < -0.39 is 0 Å². The zero-order valence-corrected chi connectivity index (χ0v) is 6.88. The van der Waals surface area contributed by atoms with Gasteiger partial charge in [-0.3, -0.25) is 0 Å². The summed E-state index contributed by atoms with van der Waals surface area (Å²) in [5, 5.41) is 0. The van der Waals surface area contributed by atoms with Crippen molar-refractivity contribution in [2.24, 2.45) is 5.92 Å². The Kier molecular flexibility index (Phi) is 5.85. The minimum atomic E-state index is 0.583. The van der Waals surface area contributed by atoms with Crippen LogP contribution in [-0.2, 0) is 0 Å². The molecule has 0 heterocycles. The van der Waals surface area contributed by atoms with E-state index in [9.17, 15) is 0 Å². The van der Waals surface area contributed by atoms with E-state index in [-0.39, 0.29) is 0 Å². The minimum absolute atomic E-state index is 0.583. The van der Waals surface area contributed by atoms with Crippen LogP contribution in [0.1, 0.15) is 20.3 Å². The van der Waals surface area contributed by atoms with Crippen molar-refractivity contribution in [1.82, 2.24) is 0 Å². The van der Waals surface area contributed by atoms with Crippen LogP contribution in [0.4, 0.5) is 0 Å². The maximum atomic E-state index is 3.70. The van der Waals surface area contributed by atoms with Crippen molar-refractivity contribution in [3.8, 4) is 0 Å². The van der Waals surface area contributed by atoms with Gasteiger partial charge in [-0.2, -0.15) is 0 Å². The van der Waals surface area contributed by atoms with Crippen molar-refractivity contribution < 1.29 is 0 Å². The second-order valence-electron chi connectivity index (χ2n) is 1.95. The van der Waals surface area contributed by atoms with Crippen molar-refractivity contribution in [3.63, 3.8) is 0 Å². The molecule has 0 saturated heterocycles. The maximum Gasteiger partial charge on any atom is -0.00184 e. The number of rotatable bonds is 1. The van der Waals surface area contributed by atoms with E-state index in [1.54, 1.807) is 0 Å². The van der Waals surface area contributed by atoms with Crippen LogP contribution in [0.25, 0.3) is 0 Å². The van der Waals surface area contributed by atoms with Gasteiger partial charge in [-0.05, 0) is 12.3 Å². The van der Waals surface area contributed by atoms with Crippen LogP contribution in [0.15, 0.2) is 37.0 Å². The fraction of sp³-hybridized carbons (Fsp3) is 0.400. The summed E-state index contributed by atoms with van der Waals surface area (Å²) in [6.45, 7) is 7.70. The van der Waals surface area contributed by atoms with E-state index in [1.807, 2.05) is 19.9 Å². The van der Waals surface area contributed by atoms with Crippen LogP contribution in [0.3, 0.4) is 0 Å². The third-order valence-corrected chi connectivity index (χ3v) is 1.32. The lowest BCUT2D eigenvalue weighted by molar-refractivity contribution is 0.825.